The lowest BCUT2D eigenvalue weighted by molar-refractivity contribution is -0.164. The van der Waals surface area contributed by atoms with E-state index in [2.05, 4.69) is 41.6 Å². The van der Waals surface area contributed by atoms with Gasteiger partial charge in [-0.15, -0.1) is 24.8 Å². The molecule has 20 heteroatoms. The van der Waals surface area contributed by atoms with Gasteiger partial charge in [-0.05, 0) is 250 Å². The van der Waals surface area contributed by atoms with Gasteiger partial charge in [-0.1, -0.05) is 78.7 Å². The van der Waals surface area contributed by atoms with Crippen molar-refractivity contribution in [2.75, 3.05) is 47.4 Å². The third-order valence-corrected chi connectivity index (χ3v) is 22.0. The maximum Gasteiger partial charge on any atom is 0.419 e. The van der Waals surface area contributed by atoms with E-state index in [4.69, 9.17) is 31.0 Å². The zero-order chi connectivity index (χ0) is 64.8. The number of aryl methyl sites for hydroxylation is 2. The number of nitrogens with one attached hydrogen (secondary N) is 2. The van der Waals surface area contributed by atoms with Gasteiger partial charge in [0, 0.05) is 34.8 Å². The standard InChI is InChI=1S/C38H44ClN3O4.C36H40F3N3O4.2ClH/c1-23-7-3-4-9-30(23)31-11-13-33(36(43)41-38(37(44)45)27-18-24-17-25(20-27)21-28(38)19-24)40-35(31)26-10-12-32(39)34(22-26)46-16-14-29-8-5-6-15-42(29)2;1-21-7-4-5-8-27(21)28-10-12-30(33(43)41-35(34(44)45)25-16-22-15-23(18-25)19-26(35)17-22)40-32(28)24-9-11-29(36(37,38)39)31(20-24)46-14-6-13-42(2)3;;/h3-4,7,9-13,22,24-25,27-29H,5-6,8,14-21H2,1-2H3,(H,41,43)(H,44,45);4-5,7-12,20,22-23,25-26H,6,13-19H2,1-3H3,(H,41,43)(H,44,45);2*1H. The van der Waals surface area contributed by atoms with Crippen LogP contribution in [-0.2, 0) is 15.8 Å². The molecule has 8 bridgehead atoms. The summed E-state index contributed by atoms with van der Waals surface area (Å²) in [5.74, 6) is -0.878. The first kappa shape index (κ1) is 70.1. The molecule has 2 aromatic heterocycles. The number of benzene rings is 4. The number of hydrogen-bond acceptors (Lipinski definition) is 10. The van der Waals surface area contributed by atoms with Gasteiger partial charge in [-0.2, -0.15) is 13.2 Å². The molecule has 15 rings (SSSR count). The van der Waals surface area contributed by atoms with Gasteiger partial charge >= 0.3 is 18.1 Å². The number of hydrogen-bond donors (Lipinski definition) is 4. The van der Waals surface area contributed by atoms with E-state index in [1.165, 1.54) is 37.8 Å². The van der Waals surface area contributed by atoms with E-state index < -0.39 is 46.6 Å². The summed E-state index contributed by atoms with van der Waals surface area (Å²) in [6.07, 6.45) is 9.45. The number of pyridine rings is 2. The van der Waals surface area contributed by atoms with Crippen molar-refractivity contribution in [1.29, 1.82) is 0 Å². The third-order valence-electron chi connectivity index (χ3n) is 21.7. The van der Waals surface area contributed by atoms with Crippen LogP contribution in [0.1, 0.15) is 134 Å². The number of rotatable bonds is 19. The number of ether oxygens (including phenoxy) is 2. The summed E-state index contributed by atoms with van der Waals surface area (Å²) >= 11 is 6.64. The Bertz CT molecular complexity index is 3720. The minimum Gasteiger partial charge on any atom is -0.493 e. The minimum atomic E-state index is -4.63. The van der Waals surface area contributed by atoms with Crippen LogP contribution in [0.25, 0.3) is 44.8 Å². The molecule has 4 aromatic carbocycles. The fraction of sp³-hybridized carbons (Fsp3) is 0.486. The van der Waals surface area contributed by atoms with E-state index >= 15 is 0 Å². The number of carbonyl (C=O) groups excluding carboxylic acids is 2. The molecule has 502 valence electrons. The number of halogens is 6. The Morgan fingerprint density at radius 2 is 1.05 bits per heavy atom. The summed E-state index contributed by atoms with van der Waals surface area (Å²) in [6.45, 7) is 6.40. The molecule has 0 radical (unpaired) electrons. The van der Waals surface area contributed by atoms with Crippen LogP contribution in [0.2, 0.25) is 5.02 Å². The number of carboxylic acids is 2. The summed E-state index contributed by atoms with van der Waals surface area (Å²) in [7, 11) is 5.94. The zero-order valence-electron chi connectivity index (χ0n) is 54.0. The largest absolute Gasteiger partial charge is 0.493 e. The van der Waals surface area contributed by atoms with Crippen LogP contribution in [-0.4, -0.2) is 118 Å². The second-order valence-corrected chi connectivity index (χ2v) is 28.2. The zero-order valence-corrected chi connectivity index (χ0v) is 56.4. The summed E-state index contributed by atoms with van der Waals surface area (Å²) in [6, 6.07) is 32.4. The van der Waals surface area contributed by atoms with Crippen molar-refractivity contribution in [3.8, 4) is 56.3 Å². The fourth-order valence-corrected chi connectivity index (χ4v) is 17.7. The van der Waals surface area contributed by atoms with Gasteiger partial charge in [0.15, 0.2) is 0 Å². The van der Waals surface area contributed by atoms with Crippen LogP contribution in [0, 0.1) is 61.2 Å². The van der Waals surface area contributed by atoms with E-state index in [1.54, 1.807) is 18.2 Å². The second kappa shape index (κ2) is 28.9. The van der Waals surface area contributed by atoms with Crippen molar-refractivity contribution in [1.82, 2.24) is 30.4 Å². The predicted octanol–water partition coefficient (Wildman–Crippen LogP) is 15.6. The number of alkyl halides is 3. The molecule has 4 N–H and O–H groups in total. The highest BCUT2D eigenvalue weighted by Crippen LogP contribution is 2.60. The van der Waals surface area contributed by atoms with E-state index in [9.17, 15) is 42.6 Å². The molecule has 94 heavy (non-hydrogen) atoms. The lowest BCUT2D eigenvalue weighted by Gasteiger charge is -2.59. The first-order chi connectivity index (χ1) is 44.1. The quantitative estimate of drug-likeness (QED) is 0.0564. The molecule has 1 saturated heterocycles. The lowest BCUT2D eigenvalue weighted by atomic mass is 9.48. The number of carboxylic acid groups (broad SMARTS) is 2. The van der Waals surface area contributed by atoms with Crippen molar-refractivity contribution in [2.45, 2.75) is 133 Å². The van der Waals surface area contributed by atoms with E-state index in [0.29, 0.717) is 82.6 Å². The van der Waals surface area contributed by atoms with Gasteiger partial charge in [-0.3, -0.25) is 9.59 Å². The average Bonchev–Trinajstić information content (AvgIpc) is 0.726. The molecule has 2 amide bonds. The minimum absolute atomic E-state index is 0. The van der Waals surface area contributed by atoms with Crippen LogP contribution in [0.15, 0.2) is 109 Å². The molecular weight excluding hydrogens is 1260 g/mol. The summed E-state index contributed by atoms with van der Waals surface area (Å²) in [4.78, 5) is 67.8. The van der Waals surface area contributed by atoms with Crippen LogP contribution in [0.5, 0.6) is 11.5 Å². The molecule has 14 nitrogen and oxygen atoms in total. The Kier molecular flexibility index (Phi) is 21.5. The molecule has 1 unspecified atom stereocenters. The highest BCUT2D eigenvalue weighted by molar-refractivity contribution is 6.32. The normalized spacial score (nSPS) is 26.3. The van der Waals surface area contributed by atoms with Crippen LogP contribution in [0.4, 0.5) is 13.2 Å². The number of amides is 2. The van der Waals surface area contributed by atoms with Gasteiger partial charge < -0.3 is 40.1 Å². The van der Waals surface area contributed by atoms with E-state index in [0.717, 1.165) is 110 Å². The van der Waals surface area contributed by atoms with Crippen molar-refractivity contribution < 1.29 is 52.0 Å². The Balaban J connectivity index is 0.000000201. The SMILES string of the molecule is Cc1ccccc1-c1ccc(C(=O)NC2(C(=O)O)C3CC4CC(C3)CC2C4)nc1-c1ccc(C(F)(F)F)c(OCCCN(C)C)c1.Cc1ccccc1-c1ccc(C(=O)NC2(C(=O)O)C3CC4CC(C3)CC2C4)nc1-c1ccc(Cl)c(OCCC2CCCCN2C)c1.Cl.Cl. The molecule has 6 aromatic rings. The summed E-state index contributed by atoms with van der Waals surface area (Å²) < 4.78 is 54.1. The predicted molar refractivity (Wildman–Crippen MR) is 363 cm³/mol. The highest BCUT2D eigenvalue weighted by Gasteiger charge is 2.63. The average molecular weight is 1350 g/mol. The summed E-state index contributed by atoms with van der Waals surface area (Å²) in [5.41, 5.74) is 4.15. The van der Waals surface area contributed by atoms with Crippen LogP contribution in [0.3, 0.4) is 0 Å². The molecule has 8 saturated carbocycles. The number of nitrogens with zero attached hydrogens (tertiary/aromatic N) is 4. The molecular formula is C74H86Cl3F3N6O8. The Morgan fingerprint density at radius 3 is 1.49 bits per heavy atom. The number of carbonyl (C=O) groups is 4. The van der Waals surface area contributed by atoms with E-state index in [-0.39, 0.29) is 72.2 Å². The molecule has 3 heterocycles. The lowest BCUT2D eigenvalue weighted by Crippen LogP contribution is -2.70. The van der Waals surface area contributed by atoms with E-state index in [1.807, 2.05) is 86.6 Å². The Morgan fingerprint density at radius 1 is 0.606 bits per heavy atom. The molecule has 0 spiro atoms. The first-order valence-corrected chi connectivity index (χ1v) is 33.3. The first-order valence-electron chi connectivity index (χ1n) is 33.0. The molecule has 8 aliphatic carbocycles. The topological polar surface area (TPSA) is 184 Å². The fourth-order valence-electron chi connectivity index (χ4n) is 17.5. The monoisotopic (exact) mass is 1350 g/mol. The highest BCUT2D eigenvalue weighted by atomic mass is 35.5. The molecule has 9 fully saturated rings. The number of likely N-dealkylation sites (tertiary alicyclic amines) is 1. The van der Waals surface area contributed by atoms with Crippen molar-refractivity contribution in [3.05, 3.63) is 142 Å². The van der Waals surface area contributed by atoms with Crippen LogP contribution < -0.4 is 20.1 Å². The van der Waals surface area contributed by atoms with Gasteiger partial charge in [0.2, 0.25) is 0 Å². The van der Waals surface area contributed by atoms with Gasteiger partial charge in [0.05, 0.1) is 35.2 Å². The number of aromatic nitrogens is 2. The number of aliphatic carboxylic acids is 2. The van der Waals surface area contributed by atoms with Crippen molar-refractivity contribution in [3.63, 3.8) is 0 Å². The van der Waals surface area contributed by atoms with Crippen molar-refractivity contribution >= 4 is 60.2 Å². The maximum atomic E-state index is 14.0. The maximum absolute atomic E-state index is 14.0. The smallest absolute Gasteiger partial charge is 0.419 e. The molecule has 1 aliphatic heterocycles. The number of piperidine rings is 1. The third kappa shape index (κ3) is 14.1. The second-order valence-electron chi connectivity index (χ2n) is 27.8. The van der Waals surface area contributed by atoms with Gasteiger partial charge in [0.1, 0.15) is 34.0 Å². The Hall–Kier alpha value is -6.76. The molecule has 1 atom stereocenters. The van der Waals surface area contributed by atoms with Gasteiger partial charge in [-0.25, -0.2) is 19.6 Å². The summed E-state index contributed by atoms with van der Waals surface area (Å²) in [5, 5.41) is 27.7. The van der Waals surface area contributed by atoms with Gasteiger partial charge in [0.25, 0.3) is 11.8 Å². The molecule has 9 aliphatic rings. The van der Waals surface area contributed by atoms with Crippen LogP contribution >= 0.6 is 36.4 Å². The Labute approximate surface area is 566 Å². The van der Waals surface area contributed by atoms with Crippen molar-refractivity contribution in [2.24, 2.45) is 47.3 Å².